The van der Waals surface area contributed by atoms with E-state index in [9.17, 15) is 19.2 Å². The molecule has 0 unspecified atom stereocenters. The van der Waals surface area contributed by atoms with Crippen LogP contribution >= 0.6 is 0 Å². The van der Waals surface area contributed by atoms with Gasteiger partial charge in [0.25, 0.3) is 0 Å². The van der Waals surface area contributed by atoms with E-state index in [-0.39, 0.29) is 0 Å². The monoisotopic (exact) mass is 685 g/mol. The molecule has 2 fully saturated rings. The molecule has 1 saturated heterocycles. The Bertz CT molecular complexity index is 1760. The van der Waals surface area contributed by atoms with Gasteiger partial charge in [-0.05, 0) is 81.4 Å². The van der Waals surface area contributed by atoms with Gasteiger partial charge in [-0.15, -0.1) is 0 Å². The van der Waals surface area contributed by atoms with Gasteiger partial charge < -0.3 is 40.4 Å². The van der Waals surface area contributed by atoms with E-state index in [0.29, 0.717) is 36.2 Å². The van der Waals surface area contributed by atoms with Crippen molar-refractivity contribution in [1.82, 2.24) is 19.4 Å². The van der Waals surface area contributed by atoms with Crippen LogP contribution in [0, 0.1) is 0 Å². The van der Waals surface area contributed by atoms with E-state index in [1.165, 1.54) is 51.6 Å². The van der Waals surface area contributed by atoms with Crippen molar-refractivity contribution in [2.45, 2.75) is 50.6 Å². The Labute approximate surface area is 287 Å². The van der Waals surface area contributed by atoms with Crippen molar-refractivity contribution in [3.63, 3.8) is 0 Å². The van der Waals surface area contributed by atoms with Crippen LogP contribution in [0.15, 0.2) is 91.4 Å². The van der Waals surface area contributed by atoms with Crippen LogP contribution in [-0.4, -0.2) is 82.9 Å². The number of likely N-dealkylation sites (tertiary alicyclic amines) is 1. The largest absolute Gasteiger partial charge is 0.478 e. The van der Waals surface area contributed by atoms with E-state index in [1.54, 1.807) is 6.33 Å². The highest BCUT2D eigenvalue weighted by molar-refractivity contribution is 6.00. The van der Waals surface area contributed by atoms with Crippen LogP contribution in [0.25, 0.3) is 22.2 Å². The van der Waals surface area contributed by atoms with E-state index >= 15 is 0 Å². The molecular weight excluding hydrogens is 646 g/mol. The summed E-state index contributed by atoms with van der Waals surface area (Å²) in [4.78, 5) is 49.9. The molecule has 1 aliphatic heterocycles. The van der Waals surface area contributed by atoms with Gasteiger partial charge >= 0.3 is 23.9 Å². The van der Waals surface area contributed by atoms with Gasteiger partial charge in [0.2, 0.25) is 0 Å². The molecule has 0 spiro atoms. The third kappa shape index (κ3) is 10.8. The normalized spacial score (nSPS) is 17.4. The average Bonchev–Trinajstić information content (AvgIpc) is 3.78. The van der Waals surface area contributed by atoms with E-state index in [2.05, 4.69) is 37.8 Å². The minimum atomic E-state index is -1.26. The number of carboxylic acid groups (broad SMARTS) is 4. The van der Waals surface area contributed by atoms with Gasteiger partial charge in [-0.2, -0.15) is 0 Å². The zero-order valence-electron chi connectivity index (χ0n) is 27.2. The average molecular weight is 686 g/mol. The predicted molar refractivity (Wildman–Crippen MR) is 185 cm³/mol. The molecule has 2 aromatic heterocycles. The molecule has 2 aromatic carbocycles. The smallest absolute Gasteiger partial charge is 0.328 e. The van der Waals surface area contributed by atoms with Crippen molar-refractivity contribution >= 4 is 40.7 Å². The molecule has 2 aliphatic rings. The number of benzene rings is 2. The van der Waals surface area contributed by atoms with Gasteiger partial charge in [0.05, 0.1) is 5.39 Å². The lowest BCUT2D eigenvalue weighted by Gasteiger charge is -2.35. The highest BCUT2D eigenvalue weighted by Crippen LogP contribution is 2.39. The molecule has 4 aromatic rings. The summed E-state index contributed by atoms with van der Waals surface area (Å²) in [6.07, 6.45) is 13.6. The summed E-state index contributed by atoms with van der Waals surface area (Å²) in [7, 11) is 0. The van der Waals surface area contributed by atoms with Gasteiger partial charge in [0.15, 0.2) is 0 Å². The van der Waals surface area contributed by atoms with Crippen LogP contribution in [0.2, 0.25) is 0 Å². The fourth-order valence-corrected chi connectivity index (χ4v) is 6.03. The molecule has 14 heteroatoms. The summed E-state index contributed by atoms with van der Waals surface area (Å²) in [6.45, 7) is 2.55. The lowest BCUT2D eigenvalue weighted by Crippen LogP contribution is -2.36. The van der Waals surface area contributed by atoms with Crippen LogP contribution in [0.3, 0.4) is 0 Å². The van der Waals surface area contributed by atoms with Crippen LogP contribution in [0.5, 0.6) is 11.5 Å². The number of nitrogens with two attached hydrogens (primary N) is 1. The lowest BCUT2D eigenvalue weighted by molar-refractivity contribution is -0.134. The number of aliphatic carboxylic acids is 4. The Morgan fingerprint density at radius 1 is 0.700 bits per heavy atom. The van der Waals surface area contributed by atoms with Crippen molar-refractivity contribution in [3.8, 4) is 22.6 Å². The Balaban J connectivity index is 0.000000294. The van der Waals surface area contributed by atoms with Gasteiger partial charge in [0, 0.05) is 48.1 Å². The highest BCUT2D eigenvalue weighted by Gasteiger charge is 2.29. The van der Waals surface area contributed by atoms with Gasteiger partial charge in [-0.1, -0.05) is 30.3 Å². The number of carbonyl (C=O) groups is 4. The highest BCUT2D eigenvalue weighted by atomic mass is 16.5. The standard InChI is InChI=1S/C28H31N5O.2C4H4O4/c29-27-26-25(20-8-14-24(15-9-20)34-23-6-2-1-3-7-23)18-33(28(26)31-19-30-27)22-12-10-21(11-13-22)32-16-4-5-17-32;2*5-3(6)1-2-4(7)8/h1-3,6-9,14-15,18-19,21-22H,4-5,10-13,16-17H2,(H2,29,30,31);2*1-2H,(H,5,6)(H,7,8)/b;2*2-1-. The van der Waals surface area contributed by atoms with E-state index in [0.717, 1.165) is 39.7 Å². The Kier molecular flexibility index (Phi) is 13.2. The zero-order valence-corrected chi connectivity index (χ0v) is 27.2. The molecule has 0 atom stereocenters. The number of anilines is 1. The number of rotatable bonds is 9. The van der Waals surface area contributed by atoms with Crippen molar-refractivity contribution in [1.29, 1.82) is 0 Å². The molecule has 50 heavy (non-hydrogen) atoms. The van der Waals surface area contributed by atoms with E-state index < -0.39 is 23.9 Å². The first kappa shape index (κ1) is 36.8. The molecule has 1 saturated carbocycles. The summed E-state index contributed by atoms with van der Waals surface area (Å²) in [6, 6.07) is 19.2. The van der Waals surface area contributed by atoms with Gasteiger partial charge in [-0.3, -0.25) is 0 Å². The maximum absolute atomic E-state index is 9.55. The van der Waals surface area contributed by atoms with Crippen molar-refractivity contribution < 1.29 is 44.3 Å². The van der Waals surface area contributed by atoms with Crippen molar-refractivity contribution in [2.24, 2.45) is 0 Å². The lowest BCUT2D eigenvalue weighted by atomic mass is 9.90. The SMILES string of the molecule is Nc1ncnc2c1c(-c1ccc(Oc3ccccc3)cc1)cn2C1CCC(N2CCCC2)CC1.O=C(O)/C=C\C(=O)O.O=C(O)/C=C\C(=O)O. The van der Waals surface area contributed by atoms with Crippen LogP contribution in [-0.2, 0) is 19.2 Å². The molecule has 0 radical (unpaired) electrons. The van der Waals surface area contributed by atoms with Gasteiger partial charge in [0.1, 0.15) is 29.3 Å². The molecule has 1 aliphatic carbocycles. The summed E-state index contributed by atoms with van der Waals surface area (Å²) in [5.74, 6) is -2.86. The molecule has 0 bridgehead atoms. The maximum Gasteiger partial charge on any atom is 0.328 e. The third-order valence-electron chi connectivity index (χ3n) is 8.24. The van der Waals surface area contributed by atoms with E-state index in [4.69, 9.17) is 30.9 Å². The molecule has 6 rings (SSSR count). The van der Waals surface area contributed by atoms with E-state index in [1.807, 2.05) is 42.5 Å². The second-order valence-electron chi connectivity index (χ2n) is 11.6. The minimum Gasteiger partial charge on any atom is -0.478 e. The molecule has 262 valence electrons. The number of hydrogen-bond donors (Lipinski definition) is 5. The number of nitrogen functional groups attached to an aromatic ring is 1. The topological polar surface area (TPSA) is 218 Å². The molecule has 0 amide bonds. The first-order chi connectivity index (χ1) is 24.0. The number of carboxylic acids is 4. The summed E-state index contributed by atoms with van der Waals surface area (Å²) in [5, 5.41) is 32.2. The van der Waals surface area contributed by atoms with Crippen LogP contribution in [0.1, 0.15) is 44.6 Å². The quantitative estimate of drug-likeness (QED) is 0.138. The number of aromatic nitrogens is 3. The minimum absolute atomic E-state index is 0.449. The Morgan fingerprint density at radius 2 is 1.20 bits per heavy atom. The maximum atomic E-state index is 9.55. The Hall–Kier alpha value is -6.02. The second kappa shape index (κ2) is 17.9. The summed E-state index contributed by atoms with van der Waals surface area (Å²) in [5.41, 5.74) is 9.50. The van der Waals surface area contributed by atoms with Gasteiger partial charge in [-0.25, -0.2) is 29.1 Å². The van der Waals surface area contributed by atoms with Crippen molar-refractivity contribution in [3.05, 3.63) is 91.4 Å². The fraction of sp³-hybridized carbons (Fsp3) is 0.278. The molecular formula is C36H39N5O9. The fourth-order valence-electron chi connectivity index (χ4n) is 6.03. The van der Waals surface area contributed by atoms with Crippen LogP contribution in [0.4, 0.5) is 5.82 Å². The van der Waals surface area contributed by atoms with Crippen molar-refractivity contribution in [2.75, 3.05) is 18.8 Å². The first-order valence-corrected chi connectivity index (χ1v) is 16.0. The van der Waals surface area contributed by atoms with Crippen LogP contribution < -0.4 is 10.5 Å². The second-order valence-corrected chi connectivity index (χ2v) is 11.6. The number of fused-ring (bicyclic) bond motifs is 1. The first-order valence-electron chi connectivity index (χ1n) is 16.0. The molecule has 14 nitrogen and oxygen atoms in total. The summed E-state index contributed by atoms with van der Waals surface area (Å²) >= 11 is 0. The third-order valence-corrected chi connectivity index (χ3v) is 8.24. The molecule has 3 heterocycles. The Morgan fingerprint density at radius 3 is 1.72 bits per heavy atom. The number of hydrogen-bond acceptors (Lipinski definition) is 9. The number of para-hydroxylation sites is 1. The zero-order chi connectivity index (χ0) is 36.0. The molecule has 6 N–H and O–H groups in total. The number of nitrogens with zero attached hydrogens (tertiary/aromatic N) is 4. The summed E-state index contributed by atoms with van der Waals surface area (Å²) < 4.78 is 8.33. The number of ether oxygens (including phenoxy) is 1. The predicted octanol–water partition coefficient (Wildman–Crippen LogP) is 5.48.